The average molecular weight is 374 g/mol. The summed E-state index contributed by atoms with van der Waals surface area (Å²) in [6, 6.07) is 22.5. The van der Waals surface area contributed by atoms with E-state index in [1.54, 1.807) is 0 Å². The Kier molecular flexibility index (Phi) is 5.04. The molecule has 1 aliphatic heterocycles. The van der Waals surface area contributed by atoms with Gasteiger partial charge in [-0.15, -0.1) is 0 Å². The highest BCUT2D eigenvalue weighted by atomic mass is 16.7. The van der Waals surface area contributed by atoms with Gasteiger partial charge in [-0.2, -0.15) is 0 Å². The molecule has 0 spiro atoms. The average Bonchev–Trinajstić information content (AvgIpc) is 2.71. The molecule has 0 saturated carbocycles. The van der Waals surface area contributed by atoms with Crippen LogP contribution < -0.4 is 5.32 Å². The van der Waals surface area contributed by atoms with Crippen LogP contribution in [0.25, 0.3) is 21.9 Å². The van der Waals surface area contributed by atoms with Gasteiger partial charge in [-0.1, -0.05) is 60.7 Å². The van der Waals surface area contributed by atoms with Gasteiger partial charge in [-0.25, -0.2) is 10.1 Å². The second kappa shape index (κ2) is 7.78. The molecule has 4 rings (SSSR count). The molecule has 0 aliphatic carbocycles. The van der Waals surface area contributed by atoms with Crippen LogP contribution in [0.3, 0.4) is 0 Å². The van der Waals surface area contributed by atoms with Gasteiger partial charge in [0.1, 0.15) is 0 Å². The van der Waals surface area contributed by atoms with Gasteiger partial charge in [0, 0.05) is 31.2 Å². The third kappa shape index (κ3) is 3.73. The first kappa shape index (κ1) is 18.1. The van der Waals surface area contributed by atoms with E-state index in [9.17, 15) is 10.1 Å². The predicted molar refractivity (Wildman–Crippen MR) is 112 cm³/mol. The van der Waals surface area contributed by atoms with Gasteiger partial charge in [0.25, 0.3) is 0 Å². The van der Waals surface area contributed by atoms with Crippen molar-refractivity contribution in [3.8, 4) is 11.1 Å². The topological polar surface area (TPSA) is 70.8 Å². The highest BCUT2D eigenvalue weighted by Gasteiger charge is 2.25. The molecular formula is C22H22N4O2. The van der Waals surface area contributed by atoms with E-state index in [2.05, 4.69) is 47.7 Å². The highest BCUT2D eigenvalue weighted by molar-refractivity contribution is 6.05. The molecule has 1 N–H and O–H groups in total. The summed E-state index contributed by atoms with van der Waals surface area (Å²) in [7, 11) is 0. The van der Waals surface area contributed by atoms with Crippen molar-refractivity contribution in [1.29, 1.82) is 0 Å². The summed E-state index contributed by atoms with van der Waals surface area (Å²) >= 11 is 0. The Balaban J connectivity index is 1.83. The fraction of sp³-hybridized carbons (Fsp3) is 0.227. The monoisotopic (exact) mass is 374 g/mol. The number of nitro groups is 1. The van der Waals surface area contributed by atoms with Crippen molar-refractivity contribution in [3.05, 3.63) is 82.4 Å². The minimum absolute atomic E-state index is 0.249. The van der Waals surface area contributed by atoms with Gasteiger partial charge >= 0.3 is 0 Å². The fourth-order valence-electron chi connectivity index (χ4n) is 3.78. The number of nitrogens with zero attached hydrogens (tertiary/aromatic N) is 3. The zero-order valence-electron chi connectivity index (χ0n) is 15.7. The molecule has 6 nitrogen and oxygen atoms in total. The Morgan fingerprint density at radius 1 is 1.11 bits per heavy atom. The van der Waals surface area contributed by atoms with Crippen molar-refractivity contribution >= 4 is 16.6 Å². The van der Waals surface area contributed by atoms with Crippen molar-refractivity contribution in [2.24, 2.45) is 5.10 Å². The molecule has 1 atom stereocenters. The summed E-state index contributed by atoms with van der Waals surface area (Å²) in [6.45, 7) is 4.21. The Labute approximate surface area is 163 Å². The lowest BCUT2D eigenvalue weighted by atomic mass is 9.96. The van der Waals surface area contributed by atoms with E-state index in [0.717, 1.165) is 28.6 Å². The number of rotatable bonds is 3. The molecule has 0 aromatic heterocycles. The quantitative estimate of drug-likeness (QED) is 0.328. The van der Waals surface area contributed by atoms with Crippen LogP contribution in [0, 0.1) is 10.1 Å². The zero-order chi connectivity index (χ0) is 19.5. The molecule has 0 radical (unpaired) electrons. The lowest BCUT2D eigenvalue weighted by molar-refractivity contribution is -0.485. The van der Waals surface area contributed by atoms with Crippen LogP contribution in [0.4, 0.5) is 0 Å². The standard InChI is InChI=1S/C22H22N4O2/c1-16-15-25(13-12-23-16)22(24-26(27)28)21-9-5-4-8-20(21)19-11-10-17-6-2-3-7-18(17)14-19/h2-11,14,16,23H,12-13,15H2,1H3/b24-22-. The molecule has 3 aromatic carbocycles. The number of amidine groups is 1. The molecule has 28 heavy (non-hydrogen) atoms. The molecule has 1 aliphatic rings. The number of hydrazone groups is 1. The maximum absolute atomic E-state index is 11.3. The van der Waals surface area contributed by atoms with Crippen LogP contribution in [-0.4, -0.2) is 41.4 Å². The normalized spacial score (nSPS) is 17.7. The Morgan fingerprint density at radius 3 is 2.64 bits per heavy atom. The first-order valence-electron chi connectivity index (χ1n) is 9.42. The number of piperazine rings is 1. The summed E-state index contributed by atoms with van der Waals surface area (Å²) in [5.41, 5.74) is 2.75. The first-order chi connectivity index (χ1) is 13.6. The van der Waals surface area contributed by atoms with Gasteiger partial charge in [0.15, 0.2) is 5.03 Å². The molecule has 0 bridgehead atoms. The summed E-state index contributed by atoms with van der Waals surface area (Å²) in [6.07, 6.45) is 0. The van der Waals surface area contributed by atoms with Crippen molar-refractivity contribution in [3.63, 3.8) is 0 Å². The summed E-state index contributed by atoms with van der Waals surface area (Å²) in [5.74, 6) is 0.419. The third-order valence-electron chi connectivity index (χ3n) is 5.07. The van der Waals surface area contributed by atoms with Crippen LogP contribution in [-0.2, 0) is 0 Å². The second-order valence-electron chi connectivity index (χ2n) is 7.07. The smallest absolute Gasteiger partial charge is 0.210 e. The van der Waals surface area contributed by atoms with Crippen molar-refractivity contribution in [1.82, 2.24) is 10.2 Å². The maximum Gasteiger partial charge on any atom is 0.210 e. The van der Waals surface area contributed by atoms with Gasteiger partial charge in [0.05, 0.1) is 5.10 Å². The largest absolute Gasteiger partial charge is 0.348 e. The number of fused-ring (bicyclic) bond motifs is 1. The summed E-state index contributed by atoms with van der Waals surface area (Å²) in [5, 5.41) is 20.2. The van der Waals surface area contributed by atoms with Crippen molar-refractivity contribution < 1.29 is 5.03 Å². The molecule has 1 saturated heterocycles. The van der Waals surface area contributed by atoms with Crippen LogP contribution >= 0.6 is 0 Å². The Hall–Kier alpha value is -3.25. The van der Waals surface area contributed by atoms with Gasteiger partial charge in [-0.3, -0.25) is 0 Å². The van der Waals surface area contributed by atoms with Crippen molar-refractivity contribution in [2.75, 3.05) is 19.6 Å². The molecule has 1 heterocycles. The molecule has 142 valence electrons. The number of benzene rings is 3. The molecule has 0 amide bonds. The van der Waals surface area contributed by atoms with E-state index in [4.69, 9.17) is 0 Å². The maximum atomic E-state index is 11.3. The lowest BCUT2D eigenvalue weighted by Crippen LogP contribution is -2.51. The number of nitrogens with one attached hydrogen (secondary N) is 1. The number of hydrogen-bond donors (Lipinski definition) is 1. The van der Waals surface area contributed by atoms with Gasteiger partial charge in [-0.05, 0) is 34.9 Å². The van der Waals surface area contributed by atoms with E-state index in [-0.39, 0.29) is 6.04 Å². The number of hydrogen-bond acceptors (Lipinski definition) is 3. The van der Waals surface area contributed by atoms with Crippen LogP contribution in [0.1, 0.15) is 12.5 Å². The predicted octanol–water partition coefficient (Wildman–Crippen LogP) is 3.74. The Bertz CT molecular complexity index is 1050. The van der Waals surface area contributed by atoms with Crippen LogP contribution in [0.5, 0.6) is 0 Å². The lowest BCUT2D eigenvalue weighted by Gasteiger charge is -2.33. The Morgan fingerprint density at radius 2 is 1.86 bits per heavy atom. The summed E-state index contributed by atoms with van der Waals surface area (Å²) in [4.78, 5) is 13.3. The van der Waals surface area contributed by atoms with E-state index in [1.165, 1.54) is 5.39 Å². The SMILES string of the molecule is CC1CN(/C(=N\[N+](=O)[O-])c2ccccc2-c2ccc3ccccc3c2)CCN1. The molecule has 1 unspecified atom stereocenters. The second-order valence-corrected chi connectivity index (χ2v) is 7.07. The van der Waals surface area contributed by atoms with Crippen LogP contribution in [0.2, 0.25) is 0 Å². The summed E-state index contributed by atoms with van der Waals surface area (Å²) < 4.78 is 0. The molecule has 6 heteroatoms. The van der Waals surface area contributed by atoms with E-state index in [0.29, 0.717) is 18.9 Å². The van der Waals surface area contributed by atoms with Crippen LogP contribution in [0.15, 0.2) is 71.8 Å². The van der Waals surface area contributed by atoms with Crippen molar-refractivity contribution in [2.45, 2.75) is 13.0 Å². The fourth-order valence-corrected chi connectivity index (χ4v) is 3.78. The minimum Gasteiger partial charge on any atom is -0.348 e. The van der Waals surface area contributed by atoms with E-state index >= 15 is 0 Å². The third-order valence-corrected chi connectivity index (χ3v) is 5.07. The zero-order valence-corrected chi connectivity index (χ0v) is 15.7. The van der Waals surface area contributed by atoms with E-state index in [1.807, 2.05) is 41.3 Å². The van der Waals surface area contributed by atoms with Gasteiger partial charge < -0.3 is 10.2 Å². The molecule has 1 fully saturated rings. The molecule has 3 aromatic rings. The van der Waals surface area contributed by atoms with Gasteiger partial charge in [0.2, 0.25) is 5.84 Å². The van der Waals surface area contributed by atoms with E-state index < -0.39 is 5.03 Å². The molecular weight excluding hydrogens is 352 g/mol. The first-order valence-corrected chi connectivity index (χ1v) is 9.42. The highest BCUT2D eigenvalue weighted by Crippen LogP contribution is 2.28. The minimum atomic E-state index is -0.598.